The Bertz CT molecular complexity index is 1290. The topological polar surface area (TPSA) is 64.0 Å². The van der Waals surface area contributed by atoms with E-state index < -0.39 is 5.25 Å². The van der Waals surface area contributed by atoms with Crippen LogP contribution in [0.5, 0.6) is 0 Å². The summed E-state index contributed by atoms with van der Waals surface area (Å²) in [7, 11) is 0. The van der Waals surface area contributed by atoms with Crippen molar-refractivity contribution in [1.82, 2.24) is 9.55 Å². The van der Waals surface area contributed by atoms with Gasteiger partial charge in [-0.2, -0.15) is 0 Å². The molecule has 0 unspecified atom stereocenters. The van der Waals surface area contributed by atoms with E-state index in [1.807, 2.05) is 43.3 Å². The van der Waals surface area contributed by atoms with E-state index in [0.717, 1.165) is 54.6 Å². The molecule has 5 rings (SSSR count). The number of rotatable bonds is 6. The molecule has 5 nitrogen and oxygen atoms in total. The van der Waals surface area contributed by atoms with Crippen molar-refractivity contribution in [3.63, 3.8) is 0 Å². The molecule has 0 aliphatic heterocycles. The van der Waals surface area contributed by atoms with Crippen molar-refractivity contribution in [2.24, 2.45) is 0 Å². The molecule has 3 aromatic rings. The van der Waals surface area contributed by atoms with Gasteiger partial charge in [0.25, 0.3) is 5.56 Å². The van der Waals surface area contributed by atoms with E-state index in [1.54, 1.807) is 10.6 Å². The maximum atomic E-state index is 14.0. The van der Waals surface area contributed by atoms with Crippen molar-refractivity contribution in [2.45, 2.75) is 61.4 Å². The van der Waals surface area contributed by atoms with Gasteiger partial charge in [-0.05, 0) is 43.9 Å². The Labute approximate surface area is 204 Å². The Morgan fingerprint density at radius 3 is 2.62 bits per heavy atom. The number of amides is 1. The molecule has 1 atom stereocenters. The van der Waals surface area contributed by atoms with Gasteiger partial charge in [-0.25, -0.2) is 4.98 Å². The molecule has 0 radical (unpaired) electrons. The van der Waals surface area contributed by atoms with E-state index in [1.165, 1.54) is 17.3 Å². The van der Waals surface area contributed by atoms with E-state index in [9.17, 15) is 9.59 Å². The first-order valence-electron chi connectivity index (χ1n) is 11.9. The molecule has 1 heterocycles. The summed E-state index contributed by atoms with van der Waals surface area (Å²) in [4.78, 5) is 32.0. The largest absolute Gasteiger partial charge is 0.325 e. The lowest BCUT2D eigenvalue weighted by Gasteiger charge is -2.36. The van der Waals surface area contributed by atoms with E-state index in [4.69, 9.17) is 4.98 Å². The molecule has 34 heavy (non-hydrogen) atoms. The third-order valence-electron chi connectivity index (χ3n) is 7.03. The van der Waals surface area contributed by atoms with Crippen LogP contribution in [-0.4, -0.2) is 20.7 Å². The molecule has 6 heteroatoms. The average molecular weight is 472 g/mol. The highest BCUT2D eigenvalue weighted by Gasteiger charge is 2.44. The molecule has 2 aliphatic carbocycles. The van der Waals surface area contributed by atoms with Crippen molar-refractivity contribution < 1.29 is 4.79 Å². The lowest BCUT2D eigenvalue weighted by Crippen LogP contribution is -2.40. The fourth-order valence-electron chi connectivity index (χ4n) is 5.40. The Hall–Kier alpha value is -3.12. The summed E-state index contributed by atoms with van der Waals surface area (Å²) in [6.07, 6.45) is 6.92. The standard InChI is InChI=1S/C28H29N3O2S/c1-3-17-31-26(33)23-24(22-14-8-7-11-20(22)18-28(23)15-9-10-16-28)30-27(31)34-19(2)25(32)29-21-12-5-4-6-13-21/h3-8,11-14,19H,1,9-10,15-18H2,2H3,(H,29,32)/t19-/m1/s1. The van der Waals surface area contributed by atoms with E-state index >= 15 is 0 Å². The summed E-state index contributed by atoms with van der Waals surface area (Å²) in [5.41, 5.74) is 4.58. The first-order valence-corrected chi connectivity index (χ1v) is 12.8. The maximum Gasteiger partial charge on any atom is 0.258 e. The predicted octanol–water partition coefficient (Wildman–Crippen LogP) is 5.58. The van der Waals surface area contributed by atoms with Crippen molar-refractivity contribution in [2.75, 3.05) is 5.32 Å². The number of carbonyl (C=O) groups excluding carboxylic acids is 1. The smallest absolute Gasteiger partial charge is 0.258 e. The number of allylic oxidation sites excluding steroid dienone is 1. The molecule has 0 bridgehead atoms. The van der Waals surface area contributed by atoms with E-state index in [-0.39, 0.29) is 16.9 Å². The Morgan fingerprint density at radius 2 is 1.88 bits per heavy atom. The molecule has 2 aliphatic rings. The summed E-state index contributed by atoms with van der Waals surface area (Å²) in [6, 6.07) is 17.7. The van der Waals surface area contributed by atoms with Gasteiger partial charge in [0, 0.05) is 23.2 Å². The molecule has 1 saturated carbocycles. The van der Waals surface area contributed by atoms with Gasteiger partial charge in [0.15, 0.2) is 5.16 Å². The van der Waals surface area contributed by atoms with Crippen LogP contribution in [0.3, 0.4) is 0 Å². The van der Waals surface area contributed by atoms with Crippen LogP contribution in [0.4, 0.5) is 5.69 Å². The minimum atomic E-state index is -0.430. The minimum absolute atomic E-state index is 0.0134. The number of aromatic nitrogens is 2. The monoisotopic (exact) mass is 471 g/mol. The van der Waals surface area contributed by atoms with Gasteiger partial charge in [0.2, 0.25) is 5.91 Å². The zero-order chi connectivity index (χ0) is 23.7. The number of hydrogen-bond acceptors (Lipinski definition) is 4. The van der Waals surface area contributed by atoms with Crippen LogP contribution < -0.4 is 10.9 Å². The second-order valence-corrected chi connectivity index (χ2v) is 10.6. The Morgan fingerprint density at radius 1 is 1.18 bits per heavy atom. The van der Waals surface area contributed by atoms with Crippen molar-refractivity contribution in [1.29, 1.82) is 0 Å². The summed E-state index contributed by atoms with van der Waals surface area (Å²) >= 11 is 1.32. The molecule has 174 valence electrons. The molecule has 0 saturated heterocycles. The molecule has 1 aromatic heterocycles. The fraction of sp³-hybridized carbons (Fsp3) is 0.321. The normalized spacial score (nSPS) is 16.5. The number of nitrogens with one attached hydrogen (secondary N) is 1. The number of benzene rings is 2. The zero-order valence-electron chi connectivity index (χ0n) is 19.4. The summed E-state index contributed by atoms with van der Waals surface area (Å²) in [5, 5.41) is 3.08. The number of carbonyl (C=O) groups is 1. The SMILES string of the molecule is C=CCn1c(S[C@H](C)C(=O)Nc2ccccc2)nc2c(c1=O)C1(CCCC1)Cc1ccccc1-2. The van der Waals surface area contributed by atoms with Gasteiger partial charge >= 0.3 is 0 Å². The number of hydrogen-bond donors (Lipinski definition) is 1. The number of anilines is 1. The maximum absolute atomic E-state index is 14.0. The predicted molar refractivity (Wildman–Crippen MR) is 138 cm³/mol. The second-order valence-electron chi connectivity index (χ2n) is 9.26. The minimum Gasteiger partial charge on any atom is -0.325 e. The molecular formula is C28H29N3O2S. The lowest BCUT2D eigenvalue weighted by atomic mass is 9.68. The zero-order valence-corrected chi connectivity index (χ0v) is 20.2. The van der Waals surface area contributed by atoms with Gasteiger partial charge in [-0.1, -0.05) is 73.1 Å². The highest BCUT2D eigenvalue weighted by molar-refractivity contribution is 8.00. The first kappa shape index (κ1) is 22.7. The van der Waals surface area contributed by atoms with Crippen LogP contribution in [0.15, 0.2) is 77.2 Å². The van der Waals surface area contributed by atoms with Crippen LogP contribution in [0.2, 0.25) is 0 Å². The lowest BCUT2D eigenvalue weighted by molar-refractivity contribution is -0.115. The first-order chi connectivity index (χ1) is 16.5. The number of para-hydroxylation sites is 1. The van der Waals surface area contributed by atoms with Crippen LogP contribution in [0.1, 0.15) is 43.7 Å². The van der Waals surface area contributed by atoms with Crippen LogP contribution >= 0.6 is 11.8 Å². The average Bonchev–Trinajstić information content (AvgIpc) is 3.30. The third-order valence-corrected chi connectivity index (χ3v) is 8.12. The molecule has 1 N–H and O–H groups in total. The van der Waals surface area contributed by atoms with Crippen molar-refractivity contribution in [3.05, 3.63) is 88.7 Å². The third kappa shape index (κ3) is 4.00. The van der Waals surface area contributed by atoms with Gasteiger partial charge in [-0.15, -0.1) is 6.58 Å². The molecular weight excluding hydrogens is 442 g/mol. The second kappa shape index (κ2) is 9.26. The van der Waals surface area contributed by atoms with Crippen molar-refractivity contribution >= 4 is 23.4 Å². The molecule has 1 fully saturated rings. The van der Waals surface area contributed by atoms with Crippen LogP contribution in [-0.2, 0) is 23.2 Å². The Kier molecular flexibility index (Phi) is 6.17. The van der Waals surface area contributed by atoms with Gasteiger partial charge < -0.3 is 5.32 Å². The summed E-state index contributed by atoms with van der Waals surface area (Å²) in [5.74, 6) is -0.124. The van der Waals surface area contributed by atoms with E-state index in [2.05, 4.69) is 30.1 Å². The van der Waals surface area contributed by atoms with Crippen LogP contribution in [0.25, 0.3) is 11.3 Å². The number of nitrogens with zero attached hydrogens (tertiary/aromatic N) is 2. The molecule has 1 spiro atoms. The summed E-state index contributed by atoms with van der Waals surface area (Å²) in [6.45, 7) is 6.08. The van der Waals surface area contributed by atoms with E-state index in [0.29, 0.717) is 11.7 Å². The highest BCUT2D eigenvalue weighted by atomic mass is 32.2. The van der Waals surface area contributed by atoms with Crippen molar-refractivity contribution in [3.8, 4) is 11.3 Å². The summed E-state index contributed by atoms with van der Waals surface area (Å²) < 4.78 is 1.71. The van der Waals surface area contributed by atoms with Gasteiger partial charge in [0.05, 0.1) is 16.5 Å². The van der Waals surface area contributed by atoms with Crippen LogP contribution in [0, 0.1) is 0 Å². The fourth-order valence-corrected chi connectivity index (χ4v) is 6.31. The molecule has 2 aromatic carbocycles. The number of fused-ring (bicyclic) bond motifs is 4. The highest BCUT2D eigenvalue weighted by Crippen LogP contribution is 2.50. The Balaban J connectivity index is 1.58. The molecule has 1 amide bonds. The number of thioether (sulfide) groups is 1. The van der Waals surface area contributed by atoms with Gasteiger partial charge in [-0.3, -0.25) is 14.2 Å². The quantitative estimate of drug-likeness (QED) is 0.289. The van der Waals surface area contributed by atoms with Gasteiger partial charge in [0.1, 0.15) is 0 Å².